The molecule has 4 aliphatic rings. The average Bonchev–Trinajstić information content (AvgIpc) is 3.18. The summed E-state index contributed by atoms with van der Waals surface area (Å²) < 4.78 is 122. The minimum atomic E-state index is -4.81. The van der Waals surface area contributed by atoms with Crippen LogP contribution in [0, 0.1) is 11.6 Å². The highest BCUT2D eigenvalue weighted by atomic mass is 32.2. The van der Waals surface area contributed by atoms with Crippen molar-refractivity contribution in [3.63, 3.8) is 0 Å². The van der Waals surface area contributed by atoms with Crippen molar-refractivity contribution in [3.05, 3.63) is 65.4 Å². The molecule has 0 aliphatic carbocycles. The predicted octanol–water partition coefficient (Wildman–Crippen LogP) is 4.37. The second-order valence-electron chi connectivity index (χ2n) is 16.0. The Morgan fingerprint density at radius 2 is 1.83 bits per heavy atom. The van der Waals surface area contributed by atoms with E-state index in [1.165, 1.54) is 17.9 Å². The quantitative estimate of drug-likeness (QED) is 0.159. The molecule has 21 heteroatoms. The standard InChI is InChI=1S/C39H46F6N8O6S/c1-38(56)11-2-12-53(22-38)35-28(39(43,44)45)19-46-37(49-35)47-32-7-4-25(18-30(32)41)60(57,58)50-33-10-14-51(21-31(33)42)13-9-24-20-52(15-16-59-24)23-3-5-26(29(40)17-23)27-6-8-34(54)48-36(27)55/h3-5,7,17-19,24,27,31,33,50,56H,2,6,8-16,20-22H2,1H3,(H,46,47,49)(H,48,54,55)/t24?,27?,31-,33+,38-/m0/s1. The second-order valence-corrected chi connectivity index (χ2v) is 17.7. The summed E-state index contributed by atoms with van der Waals surface area (Å²) >= 11 is 0. The van der Waals surface area contributed by atoms with Gasteiger partial charge in [0.15, 0.2) is 0 Å². The van der Waals surface area contributed by atoms with Gasteiger partial charge in [0.05, 0.1) is 40.9 Å². The van der Waals surface area contributed by atoms with E-state index in [9.17, 15) is 36.3 Å². The monoisotopic (exact) mass is 868 g/mol. The lowest BCUT2D eigenvalue weighted by molar-refractivity contribution is -0.138. The predicted molar refractivity (Wildman–Crippen MR) is 207 cm³/mol. The van der Waals surface area contributed by atoms with Crippen LogP contribution in [0.2, 0.25) is 0 Å². The number of carbonyl (C=O) groups excluding carboxylic acids is 2. The van der Waals surface area contributed by atoms with Gasteiger partial charge < -0.3 is 29.9 Å². The molecule has 0 radical (unpaired) electrons. The first kappa shape index (κ1) is 43.5. The molecule has 4 saturated heterocycles. The van der Waals surface area contributed by atoms with Gasteiger partial charge in [-0.3, -0.25) is 14.9 Å². The number of alkyl halides is 4. The molecule has 5 heterocycles. The fourth-order valence-corrected chi connectivity index (χ4v) is 9.48. The van der Waals surface area contributed by atoms with Crippen molar-refractivity contribution in [1.29, 1.82) is 0 Å². The van der Waals surface area contributed by atoms with Crippen molar-refractivity contribution in [3.8, 4) is 0 Å². The summed E-state index contributed by atoms with van der Waals surface area (Å²) in [6, 6.07) is 6.42. The molecule has 0 spiro atoms. The van der Waals surface area contributed by atoms with Crippen LogP contribution in [0.5, 0.6) is 0 Å². The SMILES string of the molecule is C[C@]1(O)CCCN(c2nc(Nc3ccc(S(=O)(=O)N[C@@H]4CCN(CCC5CN(c6ccc(C7CCC(=O)NC7=O)c(F)c6)CCO5)C[C@@H]4F)cc3F)ncc2C(F)(F)F)C1. The van der Waals surface area contributed by atoms with Crippen LogP contribution in [-0.2, 0) is 30.5 Å². The minimum absolute atomic E-state index is 0.0715. The highest BCUT2D eigenvalue weighted by Gasteiger charge is 2.40. The molecule has 2 amide bonds. The minimum Gasteiger partial charge on any atom is -0.388 e. The van der Waals surface area contributed by atoms with Crippen molar-refractivity contribution in [1.82, 2.24) is 24.9 Å². The molecule has 4 N–H and O–H groups in total. The molecule has 4 fully saturated rings. The van der Waals surface area contributed by atoms with Gasteiger partial charge in [-0.1, -0.05) is 6.07 Å². The maximum Gasteiger partial charge on any atom is 0.421 e. The molecule has 3 aromatic rings. The molecule has 0 bridgehead atoms. The third kappa shape index (κ3) is 10.1. The molecule has 60 heavy (non-hydrogen) atoms. The van der Waals surface area contributed by atoms with Crippen LogP contribution < -0.4 is 25.2 Å². The number of aromatic nitrogens is 2. The number of β-amino-alcohol motifs (C(OH)–C–C–N with tert-alkyl or cyclic N) is 1. The number of imide groups is 1. The van der Waals surface area contributed by atoms with E-state index in [0.29, 0.717) is 70.0 Å². The van der Waals surface area contributed by atoms with Gasteiger partial charge in [-0.2, -0.15) is 18.2 Å². The Morgan fingerprint density at radius 1 is 1.03 bits per heavy atom. The zero-order valence-corrected chi connectivity index (χ0v) is 33.5. The van der Waals surface area contributed by atoms with E-state index in [2.05, 4.69) is 25.3 Å². The smallest absolute Gasteiger partial charge is 0.388 e. The molecule has 14 nitrogen and oxygen atoms in total. The molecular formula is C39H46F6N8O6S. The second kappa shape index (κ2) is 17.4. The van der Waals surface area contributed by atoms with Gasteiger partial charge in [-0.15, -0.1) is 0 Å². The van der Waals surface area contributed by atoms with Crippen molar-refractivity contribution < 1.29 is 54.2 Å². The molecule has 4 aliphatic heterocycles. The summed E-state index contributed by atoms with van der Waals surface area (Å²) in [6.07, 6.45) is -4.28. The number of morpholine rings is 1. The number of hydrogen-bond acceptors (Lipinski definition) is 12. The Bertz CT molecular complexity index is 2200. The summed E-state index contributed by atoms with van der Waals surface area (Å²) in [5.41, 5.74) is -1.85. The number of benzene rings is 2. The van der Waals surface area contributed by atoms with Crippen LogP contribution in [0.3, 0.4) is 0 Å². The zero-order chi connectivity index (χ0) is 43.0. The Kier molecular flexibility index (Phi) is 12.6. The lowest BCUT2D eigenvalue weighted by atomic mass is 9.90. The first-order valence-corrected chi connectivity index (χ1v) is 21.2. The Morgan fingerprint density at radius 3 is 2.53 bits per heavy atom. The van der Waals surface area contributed by atoms with Crippen LogP contribution in [-0.4, -0.2) is 117 Å². The Hall–Kier alpha value is -4.57. The number of aliphatic hydroxyl groups is 1. The van der Waals surface area contributed by atoms with Crippen LogP contribution in [0.25, 0.3) is 0 Å². The number of hydrogen-bond donors (Lipinski definition) is 4. The number of carbonyl (C=O) groups is 2. The molecule has 326 valence electrons. The van der Waals surface area contributed by atoms with Crippen LogP contribution in [0.1, 0.15) is 62.5 Å². The molecular weight excluding hydrogens is 823 g/mol. The fraction of sp³-hybridized carbons (Fsp3) is 0.538. The lowest BCUT2D eigenvalue weighted by Gasteiger charge is -2.38. The summed E-state index contributed by atoms with van der Waals surface area (Å²) in [6.45, 7) is 3.65. The first-order valence-electron chi connectivity index (χ1n) is 19.7. The number of likely N-dealkylation sites (tertiary alicyclic amines) is 1. The van der Waals surface area contributed by atoms with Crippen molar-refractivity contribution in [2.75, 3.05) is 67.5 Å². The molecule has 1 aromatic heterocycles. The number of nitrogens with zero attached hydrogens (tertiary/aromatic N) is 5. The maximum atomic E-state index is 15.5. The van der Waals surface area contributed by atoms with Gasteiger partial charge in [0.1, 0.15) is 29.2 Å². The van der Waals surface area contributed by atoms with Crippen molar-refractivity contribution in [2.45, 2.75) is 86.4 Å². The van der Waals surface area contributed by atoms with Crippen LogP contribution in [0.15, 0.2) is 47.5 Å². The molecule has 0 saturated carbocycles. The number of sulfonamides is 1. The average molecular weight is 869 g/mol. The molecule has 2 aromatic carbocycles. The van der Waals surface area contributed by atoms with Gasteiger partial charge in [-0.05, 0) is 75.9 Å². The van der Waals surface area contributed by atoms with E-state index in [0.717, 1.165) is 12.1 Å². The van der Waals surface area contributed by atoms with E-state index < -0.39 is 73.8 Å². The Balaban J connectivity index is 0.913. The normalized spacial score (nSPS) is 25.9. The summed E-state index contributed by atoms with van der Waals surface area (Å²) in [5.74, 6) is -4.13. The van der Waals surface area contributed by atoms with E-state index in [4.69, 9.17) is 4.74 Å². The highest BCUT2D eigenvalue weighted by molar-refractivity contribution is 7.89. The summed E-state index contributed by atoms with van der Waals surface area (Å²) in [4.78, 5) is 36.1. The maximum absolute atomic E-state index is 15.5. The molecule has 7 rings (SSSR count). The van der Waals surface area contributed by atoms with Crippen LogP contribution >= 0.6 is 0 Å². The third-order valence-electron chi connectivity index (χ3n) is 11.3. The number of ether oxygens (including phenoxy) is 1. The van der Waals surface area contributed by atoms with Gasteiger partial charge in [0.2, 0.25) is 27.8 Å². The fourth-order valence-electron chi connectivity index (χ4n) is 8.17. The number of nitrogens with one attached hydrogen (secondary N) is 3. The van der Waals surface area contributed by atoms with Gasteiger partial charge in [0.25, 0.3) is 0 Å². The number of amides is 2. The molecule has 2 unspecified atom stereocenters. The zero-order valence-electron chi connectivity index (χ0n) is 32.7. The number of piperidine rings is 3. The van der Waals surface area contributed by atoms with Gasteiger partial charge in [0, 0.05) is 63.1 Å². The van der Waals surface area contributed by atoms with E-state index in [1.807, 2.05) is 9.80 Å². The number of anilines is 4. The van der Waals surface area contributed by atoms with E-state index in [-0.39, 0.29) is 68.1 Å². The topological polar surface area (TPSA) is 169 Å². The number of rotatable bonds is 11. The summed E-state index contributed by atoms with van der Waals surface area (Å²) in [7, 11) is -4.40. The first-order chi connectivity index (χ1) is 28.3. The van der Waals surface area contributed by atoms with Gasteiger partial charge >= 0.3 is 6.18 Å². The van der Waals surface area contributed by atoms with E-state index in [1.54, 1.807) is 12.1 Å². The summed E-state index contributed by atoms with van der Waals surface area (Å²) in [5, 5.41) is 15.2. The van der Waals surface area contributed by atoms with E-state index >= 15 is 13.2 Å². The third-order valence-corrected chi connectivity index (χ3v) is 12.8. The number of halogens is 6. The lowest BCUT2D eigenvalue weighted by Crippen LogP contribution is -2.53. The highest BCUT2D eigenvalue weighted by Crippen LogP contribution is 2.38. The molecule has 5 atom stereocenters. The van der Waals surface area contributed by atoms with Crippen molar-refractivity contribution in [2.24, 2.45) is 0 Å². The van der Waals surface area contributed by atoms with Crippen LogP contribution in [0.4, 0.5) is 49.5 Å². The largest absolute Gasteiger partial charge is 0.421 e. The van der Waals surface area contributed by atoms with Crippen molar-refractivity contribution >= 4 is 45.0 Å². The van der Waals surface area contributed by atoms with Gasteiger partial charge in [-0.25, -0.2) is 31.3 Å². The Labute approximate surface area is 342 Å².